The first kappa shape index (κ1) is 29.8. The van der Waals surface area contributed by atoms with Crippen molar-refractivity contribution in [1.29, 1.82) is 0 Å². The van der Waals surface area contributed by atoms with Crippen LogP contribution in [-0.2, 0) is 33.7 Å². The minimum absolute atomic E-state index is 0.278. The smallest absolute Gasteiger partial charge is 0.308 e. The third-order valence-electron chi connectivity index (χ3n) is 5.49. The summed E-state index contributed by atoms with van der Waals surface area (Å²) in [7, 11) is 9.48. The van der Waals surface area contributed by atoms with E-state index in [-0.39, 0.29) is 11.2 Å². The van der Waals surface area contributed by atoms with Crippen LogP contribution in [0.2, 0.25) is 0 Å². The number of ether oxygens (including phenoxy) is 3. The van der Waals surface area contributed by atoms with Gasteiger partial charge in [0.2, 0.25) is 0 Å². The van der Waals surface area contributed by atoms with Crippen molar-refractivity contribution in [1.82, 2.24) is 20.1 Å². The molecule has 0 aliphatic heterocycles. The maximum absolute atomic E-state index is 11.3. The van der Waals surface area contributed by atoms with E-state index in [0.29, 0.717) is 37.6 Å². The highest BCUT2D eigenvalue weighted by Gasteiger charge is 2.24. The van der Waals surface area contributed by atoms with Crippen LogP contribution in [0.3, 0.4) is 0 Å². The SMILES string of the molecule is [B]Cc1ccc(OC(C)=O)c(OCCCc2cn(CCC(C)(C)OCCC(C)(C)ON(C)C)nn2)c1. The van der Waals surface area contributed by atoms with Gasteiger partial charge in [0.05, 0.1) is 38.0 Å². The Morgan fingerprint density at radius 1 is 1.08 bits per heavy atom. The molecule has 0 unspecified atom stereocenters. The highest BCUT2D eigenvalue weighted by Crippen LogP contribution is 2.29. The van der Waals surface area contributed by atoms with Gasteiger partial charge in [-0.3, -0.25) is 14.3 Å². The molecule has 9 nitrogen and oxygen atoms in total. The van der Waals surface area contributed by atoms with Gasteiger partial charge in [-0.25, -0.2) is 0 Å². The third-order valence-corrected chi connectivity index (χ3v) is 5.49. The molecule has 1 aromatic carbocycles. The summed E-state index contributed by atoms with van der Waals surface area (Å²) >= 11 is 0. The van der Waals surface area contributed by atoms with Gasteiger partial charge in [-0.15, -0.1) is 5.10 Å². The molecule has 0 amide bonds. The van der Waals surface area contributed by atoms with E-state index < -0.39 is 5.97 Å². The van der Waals surface area contributed by atoms with Gasteiger partial charge in [0.25, 0.3) is 0 Å². The zero-order valence-corrected chi connectivity index (χ0v) is 22.9. The fourth-order valence-corrected chi connectivity index (χ4v) is 3.60. The molecule has 0 saturated carbocycles. The van der Waals surface area contributed by atoms with E-state index in [1.165, 1.54) is 6.92 Å². The summed E-state index contributed by atoms with van der Waals surface area (Å²) in [5.41, 5.74) is 1.24. The molecule has 0 spiro atoms. The molecular weight excluding hydrogens is 459 g/mol. The van der Waals surface area contributed by atoms with Crippen molar-refractivity contribution in [2.24, 2.45) is 0 Å². The van der Waals surface area contributed by atoms with Crippen LogP contribution < -0.4 is 9.47 Å². The lowest BCUT2D eigenvalue weighted by atomic mass is 9.97. The van der Waals surface area contributed by atoms with Gasteiger partial charge in [0.1, 0.15) is 0 Å². The standard InChI is InChI=1S/C26H41BN4O5/c1-20(32)35-23-11-10-21(18-27)17-24(23)33-15-8-9-22-19-31(29-28-22)14-12-25(2,3)34-16-13-26(4,5)36-30(6)7/h10-11,17,19H,8-9,12-16,18H2,1-7H3. The van der Waals surface area contributed by atoms with E-state index in [4.69, 9.17) is 26.9 Å². The maximum atomic E-state index is 11.3. The number of hydroxylamine groups is 2. The van der Waals surface area contributed by atoms with Crippen LogP contribution in [0, 0.1) is 0 Å². The molecule has 0 aliphatic rings. The van der Waals surface area contributed by atoms with Crippen molar-refractivity contribution < 1.29 is 23.8 Å². The van der Waals surface area contributed by atoms with Crippen molar-refractivity contribution in [3.63, 3.8) is 0 Å². The number of esters is 1. The van der Waals surface area contributed by atoms with E-state index in [2.05, 4.69) is 38.0 Å². The average Bonchev–Trinajstić information content (AvgIpc) is 3.22. The van der Waals surface area contributed by atoms with Crippen LogP contribution in [0.15, 0.2) is 24.4 Å². The van der Waals surface area contributed by atoms with Crippen LogP contribution in [0.1, 0.15) is 65.1 Å². The summed E-state index contributed by atoms with van der Waals surface area (Å²) in [6.45, 7) is 11.4. The number of aryl methyl sites for hydroxylation is 2. The lowest BCUT2D eigenvalue weighted by Crippen LogP contribution is -2.35. The van der Waals surface area contributed by atoms with E-state index in [1.807, 2.05) is 31.0 Å². The van der Waals surface area contributed by atoms with Crippen molar-refractivity contribution in [2.45, 2.75) is 84.4 Å². The van der Waals surface area contributed by atoms with E-state index >= 15 is 0 Å². The molecule has 0 aliphatic carbocycles. The number of hydrogen-bond acceptors (Lipinski definition) is 8. The Kier molecular flexibility index (Phi) is 11.4. The fraction of sp³-hybridized carbons (Fsp3) is 0.654. The minimum atomic E-state index is -0.396. The Balaban J connectivity index is 1.76. The van der Waals surface area contributed by atoms with Crippen LogP contribution >= 0.6 is 0 Å². The monoisotopic (exact) mass is 500 g/mol. The second-order valence-corrected chi connectivity index (χ2v) is 10.3. The first-order valence-corrected chi connectivity index (χ1v) is 12.4. The Labute approximate surface area is 216 Å². The number of aromatic nitrogens is 3. The average molecular weight is 500 g/mol. The summed E-state index contributed by atoms with van der Waals surface area (Å²) in [6.07, 6.45) is 5.41. The van der Waals surface area contributed by atoms with E-state index in [0.717, 1.165) is 36.9 Å². The summed E-state index contributed by atoms with van der Waals surface area (Å²) in [6, 6.07) is 5.32. The predicted octanol–water partition coefficient (Wildman–Crippen LogP) is 3.73. The topological polar surface area (TPSA) is 87.9 Å². The number of rotatable bonds is 16. The van der Waals surface area contributed by atoms with Crippen molar-refractivity contribution in [3.8, 4) is 11.5 Å². The number of nitrogens with zero attached hydrogens (tertiary/aromatic N) is 4. The number of benzene rings is 1. The quantitative estimate of drug-likeness (QED) is 0.113. The van der Waals surface area contributed by atoms with Crippen LogP contribution in [0.25, 0.3) is 0 Å². The number of hydrogen-bond donors (Lipinski definition) is 0. The molecule has 36 heavy (non-hydrogen) atoms. The summed E-state index contributed by atoms with van der Waals surface area (Å²) in [5, 5.41) is 10.2. The lowest BCUT2D eigenvalue weighted by molar-refractivity contribution is -0.214. The molecule has 1 aromatic heterocycles. The molecule has 0 bridgehead atoms. The molecule has 0 fully saturated rings. The first-order chi connectivity index (χ1) is 16.9. The van der Waals surface area contributed by atoms with Gasteiger partial charge in [-0.2, -0.15) is 5.06 Å². The van der Waals surface area contributed by atoms with Crippen molar-refractivity contribution in [2.75, 3.05) is 27.3 Å². The van der Waals surface area contributed by atoms with E-state index in [1.54, 1.807) is 17.2 Å². The first-order valence-electron chi connectivity index (χ1n) is 12.4. The lowest BCUT2D eigenvalue weighted by Gasteiger charge is -2.31. The highest BCUT2D eigenvalue weighted by atomic mass is 16.7. The minimum Gasteiger partial charge on any atom is -0.490 e. The molecule has 10 heteroatoms. The normalized spacial score (nSPS) is 12.2. The Morgan fingerprint density at radius 3 is 2.50 bits per heavy atom. The van der Waals surface area contributed by atoms with Crippen molar-refractivity contribution >= 4 is 13.8 Å². The van der Waals surface area contributed by atoms with Gasteiger partial charge < -0.3 is 14.2 Å². The van der Waals surface area contributed by atoms with Gasteiger partial charge in [0.15, 0.2) is 11.5 Å². The van der Waals surface area contributed by atoms with Crippen LogP contribution in [0.4, 0.5) is 0 Å². The molecule has 2 radical (unpaired) electrons. The van der Waals surface area contributed by atoms with E-state index in [9.17, 15) is 4.79 Å². The fourth-order valence-electron chi connectivity index (χ4n) is 3.60. The summed E-state index contributed by atoms with van der Waals surface area (Å²) in [4.78, 5) is 17.1. The van der Waals surface area contributed by atoms with Crippen molar-refractivity contribution in [3.05, 3.63) is 35.7 Å². The van der Waals surface area contributed by atoms with Gasteiger partial charge in [-0.05, 0) is 59.1 Å². The Hall–Kier alpha value is -2.43. The molecule has 0 atom stereocenters. The number of carbonyl (C=O) groups excluding carboxylic acids is 1. The van der Waals surface area contributed by atoms with Crippen LogP contribution in [0.5, 0.6) is 11.5 Å². The van der Waals surface area contributed by atoms with Gasteiger partial charge in [-0.1, -0.05) is 23.2 Å². The molecule has 1 heterocycles. The summed E-state index contributed by atoms with van der Waals surface area (Å²) < 4.78 is 19.1. The maximum Gasteiger partial charge on any atom is 0.308 e. The third kappa shape index (κ3) is 11.1. The molecule has 2 rings (SSSR count). The zero-order chi connectivity index (χ0) is 26.8. The van der Waals surface area contributed by atoms with Gasteiger partial charge >= 0.3 is 5.97 Å². The van der Waals surface area contributed by atoms with Gasteiger partial charge in [0, 0.05) is 40.2 Å². The highest BCUT2D eigenvalue weighted by molar-refractivity contribution is 6.08. The van der Waals surface area contributed by atoms with Crippen LogP contribution in [-0.4, -0.2) is 72.4 Å². The molecule has 2 aromatic rings. The molecule has 0 saturated heterocycles. The molecule has 0 N–H and O–H groups in total. The zero-order valence-electron chi connectivity index (χ0n) is 22.9. The molecular formula is C26H41BN4O5. The second-order valence-electron chi connectivity index (χ2n) is 10.3. The molecule has 198 valence electrons. The predicted molar refractivity (Wildman–Crippen MR) is 139 cm³/mol. The Bertz CT molecular complexity index is 962. The number of carbonyl (C=O) groups is 1. The summed E-state index contributed by atoms with van der Waals surface area (Å²) in [5.74, 6) is 0.507. The second kappa shape index (κ2) is 13.8. The largest absolute Gasteiger partial charge is 0.490 e. The Morgan fingerprint density at radius 2 is 1.83 bits per heavy atom.